The topological polar surface area (TPSA) is 52.3 Å². The van der Waals surface area contributed by atoms with Gasteiger partial charge < -0.3 is 10.5 Å². The highest BCUT2D eigenvalue weighted by molar-refractivity contribution is 8.00. The summed E-state index contributed by atoms with van der Waals surface area (Å²) in [5.41, 5.74) is 7.04. The lowest BCUT2D eigenvalue weighted by Crippen LogP contribution is -2.28. The lowest BCUT2D eigenvalue weighted by atomic mass is 10.1. The van der Waals surface area contributed by atoms with Crippen molar-refractivity contribution in [3.63, 3.8) is 0 Å². The number of hydrogen-bond donors (Lipinski definition) is 1. The number of aryl methyl sites for hydroxylation is 1. The van der Waals surface area contributed by atoms with Crippen molar-refractivity contribution in [2.75, 3.05) is 5.75 Å². The molecule has 0 aromatic carbocycles. The first kappa shape index (κ1) is 17.5. The lowest BCUT2D eigenvalue weighted by Gasteiger charge is -2.24. The molecule has 3 nitrogen and oxygen atoms in total. The molecule has 114 valence electrons. The van der Waals surface area contributed by atoms with Crippen LogP contribution in [0.15, 0.2) is 11.4 Å². The van der Waals surface area contributed by atoms with Crippen molar-refractivity contribution in [2.24, 2.45) is 5.73 Å². The molecule has 0 saturated heterocycles. The predicted molar refractivity (Wildman–Crippen MR) is 88.4 cm³/mol. The summed E-state index contributed by atoms with van der Waals surface area (Å²) in [5, 5.41) is 2.24. The van der Waals surface area contributed by atoms with Gasteiger partial charge in [0.15, 0.2) is 0 Å². The summed E-state index contributed by atoms with van der Waals surface area (Å²) < 4.78 is 5.35. The second-order valence-electron chi connectivity index (χ2n) is 5.86. The minimum absolute atomic E-state index is 0.0554. The maximum Gasteiger partial charge on any atom is 0.316 e. The third-order valence-corrected chi connectivity index (χ3v) is 5.42. The third kappa shape index (κ3) is 5.46. The van der Waals surface area contributed by atoms with Gasteiger partial charge in [0.25, 0.3) is 0 Å². The van der Waals surface area contributed by atoms with Gasteiger partial charge in [-0.05, 0) is 51.1 Å². The molecule has 0 bridgehead atoms. The molecule has 0 radical (unpaired) electrons. The number of nitrogens with two attached hydrogens (primary N) is 1. The van der Waals surface area contributed by atoms with Crippen LogP contribution in [0.2, 0.25) is 0 Å². The average Bonchev–Trinajstić information content (AvgIpc) is 2.73. The van der Waals surface area contributed by atoms with Crippen molar-refractivity contribution >= 4 is 29.1 Å². The van der Waals surface area contributed by atoms with Gasteiger partial charge in [0.1, 0.15) is 5.60 Å². The maximum atomic E-state index is 11.8. The molecule has 2 unspecified atom stereocenters. The van der Waals surface area contributed by atoms with Crippen molar-refractivity contribution in [3.8, 4) is 0 Å². The number of ether oxygens (including phenoxy) is 1. The molecular weight excluding hydrogens is 290 g/mol. The van der Waals surface area contributed by atoms with Gasteiger partial charge in [-0.3, -0.25) is 4.79 Å². The summed E-state index contributed by atoms with van der Waals surface area (Å²) in [4.78, 5) is 13.1. The van der Waals surface area contributed by atoms with Crippen LogP contribution in [0.25, 0.3) is 0 Å². The van der Waals surface area contributed by atoms with Gasteiger partial charge in [-0.25, -0.2) is 0 Å². The van der Waals surface area contributed by atoms with Crippen LogP contribution in [0.5, 0.6) is 0 Å². The summed E-state index contributed by atoms with van der Waals surface area (Å²) >= 11 is 3.30. The Hall–Kier alpha value is -0.520. The van der Waals surface area contributed by atoms with Gasteiger partial charge in [0.05, 0.1) is 11.0 Å². The van der Waals surface area contributed by atoms with E-state index in [1.165, 1.54) is 10.4 Å². The van der Waals surface area contributed by atoms with Crippen LogP contribution in [0.4, 0.5) is 0 Å². The van der Waals surface area contributed by atoms with Gasteiger partial charge in [-0.15, -0.1) is 23.1 Å². The Morgan fingerprint density at radius 3 is 2.60 bits per heavy atom. The van der Waals surface area contributed by atoms with E-state index in [4.69, 9.17) is 10.5 Å². The van der Waals surface area contributed by atoms with Crippen LogP contribution in [0.3, 0.4) is 0 Å². The average molecular weight is 316 g/mol. The lowest BCUT2D eigenvalue weighted by molar-refractivity contribution is -0.151. The van der Waals surface area contributed by atoms with Crippen LogP contribution in [-0.2, 0) is 9.53 Å². The van der Waals surface area contributed by atoms with Gasteiger partial charge in [0, 0.05) is 10.9 Å². The zero-order chi connectivity index (χ0) is 15.3. The fraction of sp³-hybridized carbons (Fsp3) is 0.667. The number of esters is 1. The second-order valence-corrected chi connectivity index (χ2v) is 7.94. The van der Waals surface area contributed by atoms with Crippen LogP contribution in [0.1, 0.15) is 49.8 Å². The van der Waals surface area contributed by atoms with E-state index >= 15 is 0 Å². The highest BCUT2D eigenvalue weighted by Crippen LogP contribution is 2.37. The Labute approximate surface area is 130 Å². The SMILES string of the molecule is CCC(N)C(SCC(=O)OC(C)(C)C)c1sccc1C. The quantitative estimate of drug-likeness (QED) is 0.809. The van der Waals surface area contributed by atoms with Crippen molar-refractivity contribution in [1.82, 2.24) is 0 Å². The fourth-order valence-corrected chi connectivity index (χ4v) is 4.32. The van der Waals surface area contributed by atoms with E-state index in [1.807, 2.05) is 20.8 Å². The van der Waals surface area contributed by atoms with E-state index in [2.05, 4.69) is 25.3 Å². The van der Waals surface area contributed by atoms with E-state index < -0.39 is 5.60 Å². The molecule has 5 heteroatoms. The Balaban J connectivity index is 2.68. The standard InChI is InChI=1S/C15H25NO2S2/c1-6-11(16)14(13-10(2)7-8-19-13)20-9-12(17)18-15(3,4)5/h7-8,11,14H,6,9,16H2,1-5H3. The van der Waals surface area contributed by atoms with Gasteiger partial charge in [0.2, 0.25) is 0 Å². The van der Waals surface area contributed by atoms with E-state index in [0.717, 1.165) is 6.42 Å². The maximum absolute atomic E-state index is 11.8. The molecule has 0 aliphatic heterocycles. The molecule has 0 aliphatic carbocycles. The molecule has 0 aliphatic rings. The molecule has 0 spiro atoms. The van der Waals surface area contributed by atoms with E-state index in [-0.39, 0.29) is 17.3 Å². The summed E-state index contributed by atoms with van der Waals surface area (Å²) in [6.45, 7) is 9.82. The normalized spacial score (nSPS) is 14.9. The molecule has 1 aromatic heterocycles. The zero-order valence-electron chi connectivity index (χ0n) is 12.9. The predicted octanol–water partition coefficient (Wildman–Crippen LogP) is 3.91. The Kier molecular flexibility index (Phi) is 6.55. The number of rotatable bonds is 6. The number of carbonyl (C=O) groups excluding carboxylic acids is 1. The molecule has 0 fully saturated rings. The third-order valence-electron chi connectivity index (χ3n) is 2.82. The molecule has 0 saturated carbocycles. The highest BCUT2D eigenvalue weighted by Gasteiger charge is 2.24. The summed E-state index contributed by atoms with van der Waals surface area (Å²) in [7, 11) is 0. The minimum Gasteiger partial charge on any atom is -0.459 e. The van der Waals surface area contributed by atoms with E-state index in [0.29, 0.717) is 5.75 Å². The molecule has 1 aromatic rings. The number of hydrogen-bond acceptors (Lipinski definition) is 5. The molecule has 0 amide bonds. The summed E-state index contributed by atoms with van der Waals surface area (Å²) in [5.74, 6) is 0.164. The van der Waals surface area contributed by atoms with Crippen molar-refractivity contribution in [2.45, 2.75) is 57.9 Å². The second kappa shape index (κ2) is 7.48. The Bertz CT molecular complexity index is 437. The Morgan fingerprint density at radius 1 is 1.50 bits per heavy atom. The van der Waals surface area contributed by atoms with E-state index in [9.17, 15) is 4.79 Å². The summed E-state index contributed by atoms with van der Waals surface area (Å²) in [6.07, 6.45) is 0.892. The minimum atomic E-state index is -0.432. The van der Waals surface area contributed by atoms with Crippen molar-refractivity contribution in [1.29, 1.82) is 0 Å². The zero-order valence-corrected chi connectivity index (χ0v) is 14.6. The van der Waals surface area contributed by atoms with Crippen LogP contribution in [0, 0.1) is 6.92 Å². The van der Waals surface area contributed by atoms with Crippen LogP contribution < -0.4 is 5.73 Å². The van der Waals surface area contributed by atoms with E-state index in [1.54, 1.807) is 23.1 Å². The van der Waals surface area contributed by atoms with Gasteiger partial charge >= 0.3 is 5.97 Å². The van der Waals surface area contributed by atoms with Crippen molar-refractivity contribution in [3.05, 3.63) is 21.9 Å². The molecule has 20 heavy (non-hydrogen) atoms. The van der Waals surface area contributed by atoms with Crippen LogP contribution >= 0.6 is 23.1 Å². The number of thioether (sulfide) groups is 1. The number of carbonyl (C=O) groups is 1. The molecular formula is C15H25NO2S2. The first-order valence-electron chi connectivity index (χ1n) is 6.87. The first-order chi connectivity index (χ1) is 9.24. The summed E-state index contributed by atoms with van der Waals surface area (Å²) in [6, 6.07) is 2.16. The molecule has 2 N–H and O–H groups in total. The van der Waals surface area contributed by atoms with Crippen molar-refractivity contribution < 1.29 is 9.53 Å². The fourth-order valence-electron chi connectivity index (χ4n) is 1.81. The highest BCUT2D eigenvalue weighted by atomic mass is 32.2. The first-order valence-corrected chi connectivity index (χ1v) is 8.80. The van der Waals surface area contributed by atoms with Crippen LogP contribution in [-0.4, -0.2) is 23.4 Å². The number of thiophene rings is 1. The Morgan fingerprint density at radius 2 is 2.15 bits per heavy atom. The monoisotopic (exact) mass is 315 g/mol. The molecule has 1 rings (SSSR count). The largest absolute Gasteiger partial charge is 0.459 e. The molecule has 1 heterocycles. The molecule has 2 atom stereocenters. The smallest absolute Gasteiger partial charge is 0.316 e. The van der Waals surface area contributed by atoms with Gasteiger partial charge in [-0.1, -0.05) is 6.92 Å². The van der Waals surface area contributed by atoms with Gasteiger partial charge in [-0.2, -0.15) is 0 Å².